The highest BCUT2D eigenvalue weighted by molar-refractivity contribution is 5.90. The van der Waals surface area contributed by atoms with Crippen molar-refractivity contribution in [1.82, 2.24) is 5.32 Å². The quantitative estimate of drug-likeness (QED) is 0.506. The van der Waals surface area contributed by atoms with E-state index in [1.54, 1.807) is 12.1 Å². The lowest BCUT2D eigenvalue weighted by Crippen LogP contribution is -2.40. The highest BCUT2D eigenvalue weighted by Crippen LogP contribution is 2.25. The van der Waals surface area contributed by atoms with Crippen LogP contribution in [0.3, 0.4) is 0 Å². The molecule has 0 bridgehead atoms. The molecule has 0 unspecified atom stereocenters. The van der Waals surface area contributed by atoms with Crippen LogP contribution in [0.15, 0.2) is 24.4 Å². The van der Waals surface area contributed by atoms with Gasteiger partial charge >= 0.3 is 5.91 Å². The standard InChI is InChI=1S/C15H22N2O3/c1-12-6-2-3-8-14(12)20-11-9-16-15(18)13-7-4-5-10-17(13)19/h4-5,7,10,12,14H,2-3,6,8-9,11H2,1H3,(H,16,18)/t12-,14+/m1/s1. The van der Waals surface area contributed by atoms with Crippen molar-refractivity contribution in [3.63, 3.8) is 0 Å². The lowest BCUT2D eigenvalue weighted by molar-refractivity contribution is -0.607. The fraction of sp³-hybridized carbons (Fsp3) is 0.600. The molecule has 2 rings (SSSR count). The van der Waals surface area contributed by atoms with Crippen LogP contribution >= 0.6 is 0 Å². The van der Waals surface area contributed by atoms with E-state index >= 15 is 0 Å². The summed E-state index contributed by atoms with van der Waals surface area (Å²) in [5, 5.41) is 14.1. The molecule has 1 aromatic rings. The summed E-state index contributed by atoms with van der Waals surface area (Å²) in [7, 11) is 0. The first-order valence-corrected chi connectivity index (χ1v) is 7.26. The second-order valence-electron chi connectivity index (χ2n) is 5.34. The summed E-state index contributed by atoms with van der Waals surface area (Å²) in [6.07, 6.45) is 6.46. The number of nitrogens with zero attached hydrogens (tertiary/aromatic N) is 1. The third kappa shape index (κ3) is 3.93. The maximum absolute atomic E-state index is 11.8. The molecule has 5 heteroatoms. The topological polar surface area (TPSA) is 65.3 Å². The van der Waals surface area contributed by atoms with E-state index < -0.39 is 0 Å². The number of aromatic nitrogens is 1. The summed E-state index contributed by atoms with van der Waals surface area (Å²) < 4.78 is 6.38. The second kappa shape index (κ2) is 7.24. The molecule has 1 N–H and O–H groups in total. The molecular formula is C15H22N2O3. The zero-order valence-corrected chi connectivity index (χ0v) is 11.9. The van der Waals surface area contributed by atoms with E-state index in [1.807, 2.05) is 0 Å². The number of pyridine rings is 1. The van der Waals surface area contributed by atoms with E-state index in [1.165, 1.54) is 31.5 Å². The van der Waals surface area contributed by atoms with E-state index in [4.69, 9.17) is 4.74 Å². The van der Waals surface area contributed by atoms with E-state index in [-0.39, 0.29) is 11.6 Å². The Labute approximate surface area is 119 Å². The van der Waals surface area contributed by atoms with Crippen molar-refractivity contribution in [1.29, 1.82) is 0 Å². The predicted octanol–water partition coefficient (Wildman–Crippen LogP) is 1.65. The predicted molar refractivity (Wildman–Crippen MR) is 75.1 cm³/mol. The zero-order chi connectivity index (χ0) is 14.4. The van der Waals surface area contributed by atoms with Crippen LogP contribution in [0.1, 0.15) is 43.1 Å². The molecule has 0 spiro atoms. The van der Waals surface area contributed by atoms with Gasteiger partial charge in [-0.15, -0.1) is 0 Å². The van der Waals surface area contributed by atoms with Crippen LogP contribution in [0.25, 0.3) is 0 Å². The molecule has 0 saturated heterocycles. The van der Waals surface area contributed by atoms with Gasteiger partial charge in [-0.3, -0.25) is 4.79 Å². The monoisotopic (exact) mass is 278 g/mol. The Morgan fingerprint density at radius 2 is 2.25 bits per heavy atom. The summed E-state index contributed by atoms with van der Waals surface area (Å²) in [4.78, 5) is 11.8. The molecule has 1 fully saturated rings. The molecule has 5 nitrogen and oxygen atoms in total. The summed E-state index contributed by atoms with van der Waals surface area (Å²) in [5.41, 5.74) is 0.110. The lowest BCUT2D eigenvalue weighted by Gasteiger charge is -2.28. The highest BCUT2D eigenvalue weighted by Gasteiger charge is 2.21. The van der Waals surface area contributed by atoms with Crippen molar-refractivity contribution in [2.75, 3.05) is 13.2 Å². The smallest absolute Gasteiger partial charge is 0.317 e. The van der Waals surface area contributed by atoms with Crippen molar-refractivity contribution in [2.45, 2.75) is 38.7 Å². The average molecular weight is 278 g/mol. The van der Waals surface area contributed by atoms with Gasteiger partial charge in [0.25, 0.3) is 5.69 Å². The Morgan fingerprint density at radius 1 is 1.45 bits per heavy atom. The molecule has 0 aromatic carbocycles. The molecular weight excluding hydrogens is 256 g/mol. The number of carbonyl (C=O) groups excluding carboxylic acids is 1. The van der Waals surface area contributed by atoms with Crippen LogP contribution in [-0.4, -0.2) is 25.2 Å². The molecule has 1 heterocycles. The third-order valence-electron chi connectivity index (χ3n) is 3.81. The summed E-state index contributed by atoms with van der Waals surface area (Å²) in [5.74, 6) is 0.235. The van der Waals surface area contributed by atoms with Gasteiger partial charge < -0.3 is 15.3 Å². The van der Waals surface area contributed by atoms with Crippen molar-refractivity contribution in [2.24, 2.45) is 5.92 Å². The molecule has 0 radical (unpaired) electrons. The maximum Gasteiger partial charge on any atom is 0.317 e. The summed E-state index contributed by atoms with van der Waals surface area (Å²) in [6, 6.07) is 4.77. The number of carbonyl (C=O) groups is 1. The summed E-state index contributed by atoms with van der Waals surface area (Å²) >= 11 is 0. The van der Waals surface area contributed by atoms with Gasteiger partial charge in [0.05, 0.1) is 12.7 Å². The molecule has 1 aromatic heterocycles. The van der Waals surface area contributed by atoms with E-state index in [0.717, 1.165) is 6.42 Å². The number of hydrogen-bond acceptors (Lipinski definition) is 3. The van der Waals surface area contributed by atoms with Crippen molar-refractivity contribution in [3.05, 3.63) is 35.3 Å². The normalized spacial score (nSPS) is 22.4. The molecule has 20 heavy (non-hydrogen) atoms. The van der Waals surface area contributed by atoms with Crippen LogP contribution in [0, 0.1) is 11.1 Å². The minimum absolute atomic E-state index is 0.110. The van der Waals surface area contributed by atoms with Crippen LogP contribution in [0.4, 0.5) is 0 Å². The molecule has 1 aliphatic rings. The number of nitrogens with one attached hydrogen (secondary N) is 1. The van der Waals surface area contributed by atoms with Gasteiger partial charge in [0, 0.05) is 18.7 Å². The minimum Gasteiger partial charge on any atom is -0.618 e. The first-order chi connectivity index (χ1) is 9.68. The van der Waals surface area contributed by atoms with Crippen LogP contribution in [0.5, 0.6) is 0 Å². The minimum atomic E-state index is -0.360. The molecule has 1 aliphatic carbocycles. The number of ether oxygens (including phenoxy) is 1. The van der Waals surface area contributed by atoms with Crippen molar-refractivity contribution in [3.8, 4) is 0 Å². The number of hydrogen-bond donors (Lipinski definition) is 1. The van der Waals surface area contributed by atoms with Crippen molar-refractivity contribution < 1.29 is 14.3 Å². The SMILES string of the molecule is C[C@@H]1CCCC[C@@H]1OCCNC(=O)c1cccc[n+]1[O-]. The maximum atomic E-state index is 11.8. The fourth-order valence-corrected chi connectivity index (χ4v) is 2.60. The molecule has 1 amide bonds. The van der Waals surface area contributed by atoms with Gasteiger partial charge in [-0.1, -0.05) is 19.8 Å². The van der Waals surface area contributed by atoms with Gasteiger partial charge in [-0.2, -0.15) is 4.73 Å². The lowest BCUT2D eigenvalue weighted by atomic mass is 9.88. The first-order valence-electron chi connectivity index (χ1n) is 7.26. The number of rotatable bonds is 5. The van der Waals surface area contributed by atoms with Gasteiger partial charge in [0.2, 0.25) is 0 Å². The van der Waals surface area contributed by atoms with E-state index in [2.05, 4.69) is 12.2 Å². The van der Waals surface area contributed by atoms with Crippen LogP contribution in [-0.2, 0) is 4.74 Å². The van der Waals surface area contributed by atoms with Crippen LogP contribution < -0.4 is 10.0 Å². The Bertz CT molecular complexity index is 450. The number of amides is 1. The Balaban J connectivity index is 1.71. The van der Waals surface area contributed by atoms with Gasteiger partial charge in [0.1, 0.15) is 0 Å². The van der Waals surface area contributed by atoms with Gasteiger partial charge in [0.15, 0.2) is 6.20 Å². The van der Waals surface area contributed by atoms with E-state index in [9.17, 15) is 10.0 Å². The first kappa shape index (κ1) is 14.8. The van der Waals surface area contributed by atoms with Crippen molar-refractivity contribution >= 4 is 5.91 Å². The van der Waals surface area contributed by atoms with Crippen LogP contribution in [0.2, 0.25) is 0 Å². The fourth-order valence-electron chi connectivity index (χ4n) is 2.60. The highest BCUT2D eigenvalue weighted by atomic mass is 16.5. The largest absolute Gasteiger partial charge is 0.618 e. The third-order valence-corrected chi connectivity index (χ3v) is 3.81. The molecule has 1 saturated carbocycles. The molecule has 2 atom stereocenters. The Hall–Kier alpha value is -1.62. The average Bonchev–Trinajstić information content (AvgIpc) is 2.45. The van der Waals surface area contributed by atoms with E-state index in [0.29, 0.717) is 29.9 Å². The zero-order valence-electron chi connectivity index (χ0n) is 11.9. The Morgan fingerprint density at radius 3 is 3.00 bits per heavy atom. The molecule has 110 valence electrons. The summed E-state index contributed by atoms with van der Waals surface area (Å²) in [6.45, 7) is 3.14. The second-order valence-corrected chi connectivity index (χ2v) is 5.34. The van der Waals surface area contributed by atoms with Gasteiger partial charge in [-0.25, -0.2) is 0 Å². The molecule has 0 aliphatic heterocycles. The Kier molecular flexibility index (Phi) is 5.35. The van der Waals surface area contributed by atoms with Gasteiger partial charge in [-0.05, 0) is 24.8 Å².